The highest BCUT2D eigenvalue weighted by Crippen LogP contribution is 2.19. The molecule has 18 heavy (non-hydrogen) atoms. The van der Waals surface area contributed by atoms with Crippen molar-refractivity contribution in [1.82, 2.24) is 9.62 Å². The highest BCUT2D eigenvalue weighted by atomic mass is 32.2. The second kappa shape index (κ2) is 4.99. The third-order valence-electron chi connectivity index (χ3n) is 2.86. The third kappa shape index (κ3) is 2.73. The molecular weight excluding hydrogens is 272 g/mol. The topological polar surface area (TPSA) is 66.5 Å². The Morgan fingerprint density at radius 1 is 1.50 bits per heavy atom. The number of carbonyl (C=O) groups is 1. The number of rotatable bonds is 4. The average molecular weight is 288 g/mol. The van der Waals surface area contributed by atoms with Gasteiger partial charge in [0.1, 0.15) is 4.21 Å². The summed E-state index contributed by atoms with van der Waals surface area (Å²) in [6.45, 7) is 4.29. The lowest BCUT2D eigenvalue weighted by Gasteiger charge is -2.21. The number of likely N-dealkylation sites (tertiary alicyclic amines) is 1. The molecule has 1 unspecified atom stereocenters. The van der Waals surface area contributed by atoms with Gasteiger partial charge in [-0.05, 0) is 25.3 Å². The lowest BCUT2D eigenvalue weighted by atomic mass is 10.3. The fourth-order valence-electron chi connectivity index (χ4n) is 2.00. The molecule has 0 saturated carbocycles. The fraction of sp³-hybridized carbons (Fsp3) is 0.545. The lowest BCUT2D eigenvalue weighted by Crippen LogP contribution is -2.38. The molecule has 2 rings (SSSR count). The zero-order valence-corrected chi connectivity index (χ0v) is 11.9. The molecule has 1 fully saturated rings. The number of sulfonamides is 1. The largest absolute Gasteiger partial charge is 0.339 e. The van der Waals surface area contributed by atoms with Crippen LogP contribution in [-0.2, 0) is 14.8 Å². The second-order valence-corrected chi connectivity index (χ2v) is 7.48. The molecule has 1 aromatic heterocycles. The minimum absolute atomic E-state index is 0.00359. The highest BCUT2D eigenvalue weighted by Gasteiger charge is 2.34. The van der Waals surface area contributed by atoms with Crippen LogP contribution in [0, 0.1) is 0 Å². The predicted molar refractivity (Wildman–Crippen MR) is 69.9 cm³/mol. The molecule has 1 saturated heterocycles. The van der Waals surface area contributed by atoms with Crippen molar-refractivity contribution < 1.29 is 13.2 Å². The first-order chi connectivity index (χ1) is 8.40. The Morgan fingerprint density at radius 2 is 2.22 bits per heavy atom. The van der Waals surface area contributed by atoms with Crippen LogP contribution in [0.2, 0.25) is 0 Å². The molecule has 1 aliphatic heterocycles. The smallest absolute Gasteiger partial charge is 0.250 e. The van der Waals surface area contributed by atoms with Gasteiger partial charge in [-0.25, -0.2) is 13.1 Å². The van der Waals surface area contributed by atoms with Crippen LogP contribution >= 0.6 is 11.3 Å². The summed E-state index contributed by atoms with van der Waals surface area (Å²) in [6, 6.07) is 3.03. The first-order valence-corrected chi connectivity index (χ1v) is 8.12. The Kier molecular flexibility index (Phi) is 3.74. The Balaban J connectivity index is 2.06. The maximum absolute atomic E-state index is 12.0. The van der Waals surface area contributed by atoms with Crippen LogP contribution in [0.25, 0.3) is 0 Å². The minimum atomic E-state index is -3.48. The Bertz CT molecular complexity index is 522. The standard InChI is InChI=1S/C11H16N2O3S2/c1-8(2)13-7-9(6-10(13)14)12-18(15,16)11-4-3-5-17-11/h3-5,8-9,12H,6-7H2,1-2H3. The molecule has 1 atom stereocenters. The van der Waals surface area contributed by atoms with E-state index in [9.17, 15) is 13.2 Å². The van der Waals surface area contributed by atoms with Crippen LogP contribution in [-0.4, -0.2) is 37.9 Å². The molecule has 1 amide bonds. The zero-order valence-electron chi connectivity index (χ0n) is 10.3. The van der Waals surface area contributed by atoms with Crippen LogP contribution in [0.3, 0.4) is 0 Å². The van der Waals surface area contributed by atoms with E-state index >= 15 is 0 Å². The van der Waals surface area contributed by atoms with Crippen molar-refractivity contribution in [3.05, 3.63) is 17.5 Å². The van der Waals surface area contributed by atoms with Crippen molar-refractivity contribution in [2.75, 3.05) is 6.54 Å². The number of amides is 1. The molecular formula is C11H16N2O3S2. The van der Waals surface area contributed by atoms with E-state index in [4.69, 9.17) is 0 Å². The van der Waals surface area contributed by atoms with Gasteiger partial charge in [0.15, 0.2) is 0 Å². The van der Waals surface area contributed by atoms with Gasteiger partial charge < -0.3 is 4.90 Å². The summed E-state index contributed by atoms with van der Waals surface area (Å²) in [5.41, 5.74) is 0. The number of nitrogens with one attached hydrogen (secondary N) is 1. The van der Waals surface area contributed by atoms with Crippen LogP contribution in [0.4, 0.5) is 0 Å². The van der Waals surface area contributed by atoms with Gasteiger partial charge in [-0.3, -0.25) is 4.79 Å². The van der Waals surface area contributed by atoms with E-state index in [1.807, 2.05) is 13.8 Å². The fourth-order valence-corrected chi connectivity index (χ4v) is 4.24. The molecule has 1 aromatic rings. The van der Waals surface area contributed by atoms with Crippen LogP contribution in [0.15, 0.2) is 21.7 Å². The molecule has 0 spiro atoms. The summed E-state index contributed by atoms with van der Waals surface area (Å²) in [7, 11) is -3.48. The molecule has 5 nitrogen and oxygen atoms in total. The monoisotopic (exact) mass is 288 g/mol. The molecule has 1 aliphatic rings. The van der Waals surface area contributed by atoms with Gasteiger partial charge >= 0.3 is 0 Å². The minimum Gasteiger partial charge on any atom is -0.339 e. The summed E-state index contributed by atoms with van der Waals surface area (Å²) < 4.78 is 26.9. The van der Waals surface area contributed by atoms with Crippen molar-refractivity contribution in [1.29, 1.82) is 0 Å². The van der Waals surface area contributed by atoms with E-state index in [-0.39, 0.29) is 28.6 Å². The van der Waals surface area contributed by atoms with Crippen molar-refractivity contribution in [3.63, 3.8) is 0 Å². The van der Waals surface area contributed by atoms with Gasteiger partial charge in [-0.2, -0.15) is 0 Å². The van der Waals surface area contributed by atoms with E-state index in [2.05, 4.69) is 4.72 Å². The molecule has 2 heterocycles. The lowest BCUT2D eigenvalue weighted by molar-refractivity contribution is -0.129. The predicted octanol–water partition coefficient (Wildman–Crippen LogP) is 1.04. The summed E-state index contributed by atoms with van der Waals surface area (Å²) >= 11 is 1.17. The molecule has 0 aliphatic carbocycles. The molecule has 0 bridgehead atoms. The van der Waals surface area contributed by atoms with Crippen molar-refractivity contribution in [3.8, 4) is 0 Å². The van der Waals surface area contributed by atoms with Crippen molar-refractivity contribution >= 4 is 27.3 Å². The van der Waals surface area contributed by atoms with Crippen LogP contribution in [0.1, 0.15) is 20.3 Å². The van der Waals surface area contributed by atoms with Gasteiger partial charge in [0.2, 0.25) is 15.9 Å². The van der Waals surface area contributed by atoms with Crippen molar-refractivity contribution in [2.24, 2.45) is 0 Å². The summed E-state index contributed by atoms with van der Waals surface area (Å²) in [6.07, 6.45) is 0.239. The normalized spacial score (nSPS) is 20.9. The summed E-state index contributed by atoms with van der Waals surface area (Å²) in [5, 5.41) is 1.72. The van der Waals surface area contributed by atoms with E-state index in [0.717, 1.165) is 0 Å². The van der Waals surface area contributed by atoms with Crippen molar-refractivity contribution in [2.45, 2.75) is 36.6 Å². The highest BCUT2D eigenvalue weighted by molar-refractivity contribution is 7.91. The zero-order chi connectivity index (χ0) is 13.3. The SMILES string of the molecule is CC(C)N1CC(NS(=O)(=O)c2cccs2)CC1=O. The first kappa shape index (κ1) is 13.5. The molecule has 0 aromatic carbocycles. The second-order valence-electron chi connectivity index (χ2n) is 4.59. The van der Waals surface area contributed by atoms with Gasteiger partial charge in [-0.15, -0.1) is 11.3 Å². The van der Waals surface area contributed by atoms with E-state index < -0.39 is 10.0 Å². The molecule has 1 N–H and O–H groups in total. The van der Waals surface area contributed by atoms with Crippen LogP contribution in [0.5, 0.6) is 0 Å². The first-order valence-electron chi connectivity index (χ1n) is 5.75. The van der Waals surface area contributed by atoms with Crippen LogP contribution < -0.4 is 4.72 Å². The molecule has 0 radical (unpaired) electrons. The number of nitrogens with zero attached hydrogens (tertiary/aromatic N) is 1. The Hall–Kier alpha value is -0.920. The Labute approximate surface area is 111 Å². The van der Waals surface area contributed by atoms with Gasteiger partial charge in [0.05, 0.1) is 0 Å². The third-order valence-corrected chi connectivity index (χ3v) is 5.78. The number of hydrogen-bond acceptors (Lipinski definition) is 4. The van der Waals surface area contributed by atoms with Gasteiger partial charge in [0.25, 0.3) is 0 Å². The summed E-state index contributed by atoms with van der Waals surface area (Å²) in [5.74, 6) is 0.00359. The van der Waals surface area contributed by atoms with Gasteiger partial charge in [-0.1, -0.05) is 6.07 Å². The quantitative estimate of drug-likeness (QED) is 0.900. The molecule has 7 heteroatoms. The van der Waals surface area contributed by atoms with E-state index in [0.29, 0.717) is 6.54 Å². The number of hydrogen-bond donors (Lipinski definition) is 1. The number of thiophene rings is 1. The van der Waals surface area contributed by atoms with E-state index in [1.54, 1.807) is 22.4 Å². The number of carbonyl (C=O) groups excluding carboxylic acids is 1. The molecule has 100 valence electrons. The maximum atomic E-state index is 12.0. The van der Waals surface area contributed by atoms with Gasteiger partial charge in [0, 0.05) is 25.0 Å². The average Bonchev–Trinajstić information content (AvgIpc) is 2.86. The van der Waals surface area contributed by atoms with E-state index in [1.165, 1.54) is 11.3 Å². The summed E-state index contributed by atoms with van der Waals surface area (Å²) in [4.78, 5) is 13.4. The maximum Gasteiger partial charge on any atom is 0.250 e. The Morgan fingerprint density at radius 3 is 2.72 bits per heavy atom.